The van der Waals surface area contributed by atoms with E-state index in [2.05, 4.69) is 10.6 Å². The van der Waals surface area contributed by atoms with Crippen LogP contribution in [0.3, 0.4) is 0 Å². The van der Waals surface area contributed by atoms with E-state index in [9.17, 15) is 19.2 Å². The van der Waals surface area contributed by atoms with Crippen molar-refractivity contribution in [1.82, 2.24) is 10.6 Å². The van der Waals surface area contributed by atoms with Gasteiger partial charge in [-0.15, -0.1) is 0 Å². The smallest absolute Gasteiger partial charge is 0.336 e. The van der Waals surface area contributed by atoms with Crippen LogP contribution in [0.4, 0.5) is 0 Å². The molecular weight excluding hydrogens is 492 g/mol. The summed E-state index contributed by atoms with van der Waals surface area (Å²) < 4.78 is 5.29. The summed E-state index contributed by atoms with van der Waals surface area (Å²) in [5.74, 6) is -2.78. The van der Waals surface area contributed by atoms with E-state index >= 15 is 0 Å². The van der Waals surface area contributed by atoms with Gasteiger partial charge in [0.25, 0.3) is 11.8 Å². The lowest BCUT2D eigenvalue weighted by atomic mass is 10.0. The molecule has 7 heteroatoms. The van der Waals surface area contributed by atoms with Gasteiger partial charge in [0.2, 0.25) is 0 Å². The van der Waals surface area contributed by atoms with Gasteiger partial charge in [-0.1, -0.05) is 97.1 Å². The molecule has 0 unspecified atom stereocenters. The Morgan fingerprint density at radius 2 is 0.795 bits per heavy atom. The summed E-state index contributed by atoms with van der Waals surface area (Å²) >= 11 is 0. The van der Waals surface area contributed by atoms with Crippen LogP contribution in [0, 0.1) is 0 Å². The second kappa shape index (κ2) is 13.5. The zero-order valence-corrected chi connectivity index (χ0v) is 21.2. The molecular formula is C32H28N2O5. The highest BCUT2D eigenvalue weighted by Gasteiger charge is 2.30. The van der Waals surface area contributed by atoms with Gasteiger partial charge in [-0.3, -0.25) is 9.59 Å². The molecule has 4 aromatic carbocycles. The Morgan fingerprint density at radius 1 is 0.487 bits per heavy atom. The van der Waals surface area contributed by atoms with Crippen molar-refractivity contribution < 1.29 is 23.9 Å². The van der Waals surface area contributed by atoms with Gasteiger partial charge in [0.05, 0.1) is 0 Å². The Kier molecular flexibility index (Phi) is 9.34. The number of carbonyl (C=O) groups is 4. The van der Waals surface area contributed by atoms with Crippen LogP contribution >= 0.6 is 0 Å². The maximum Gasteiger partial charge on any atom is 0.336 e. The van der Waals surface area contributed by atoms with Crippen molar-refractivity contribution >= 4 is 23.8 Å². The van der Waals surface area contributed by atoms with E-state index in [1.807, 2.05) is 60.7 Å². The molecule has 0 aliphatic heterocycles. The number of hydrogen-bond acceptors (Lipinski definition) is 5. The Morgan fingerprint density at radius 3 is 1.13 bits per heavy atom. The quantitative estimate of drug-likeness (QED) is 0.242. The number of benzene rings is 4. The molecule has 0 aliphatic rings. The third-order valence-corrected chi connectivity index (χ3v) is 6.02. The van der Waals surface area contributed by atoms with Crippen molar-refractivity contribution in [3.63, 3.8) is 0 Å². The highest BCUT2D eigenvalue weighted by molar-refractivity contribution is 6.00. The molecule has 0 spiro atoms. The third-order valence-electron chi connectivity index (χ3n) is 6.02. The van der Waals surface area contributed by atoms with E-state index in [1.165, 1.54) is 0 Å². The summed E-state index contributed by atoms with van der Waals surface area (Å²) in [7, 11) is 0. The van der Waals surface area contributed by atoms with E-state index in [1.54, 1.807) is 60.7 Å². The van der Waals surface area contributed by atoms with E-state index in [-0.39, 0.29) is 12.8 Å². The van der Waals surface area contributed by atoms with Gasteiger partial charge in [0, 0.05) is 24.0 Å². The minimum atomic E-state index is -1.13. The van der Waals surface area contributed by atoms with Crippen molar-refractivity contribution in [2.24, 2.45) is 0 Å². The zero-order chi connectivity index (χ0) is 27.5. The number of ether oxygens (including phenoxy) is 1. The van der Waals surface area contributed by atoms with Crippen molar-refractivity contribution in [2.45, 2.75) is 24.9 Å². The minimum Gasteiger partial charge on any atom is -0.390 e. The lowest BCUT2D eigenvalue weighted by Gasteiger charge is -2.21. The molecule has 0 radical (unpaired) electrons. The summed E-state index contributed by atoms with van der Waals surface area (Å²) in [6, 6.07) is 32.9. The maximum atomic E-state index is 13.3. The van der Waals surface area contributed by atoms with Crippen molar-refractivity contribution in [2.75, 3.05) is 0 Å². The molecule has 2 atom stereocenters. The molecule has 196 valence electrons. The van der Waals surface area contributed by atoms with Gasteiger partial charge in [0.15, 0.2) is 0 Å². The monoisotopic (exact) mass is 520 g/mol. The fourth-order valence-electron chi connectivity index (χ4n) is 3.99. The first kappa shape index (κ1) is 27.0. The SMILES string of the molecule is O=C(N[C@@H](Cc1ccccc1)C(=O)OC(=O)[C@H](Cc1ccccc1)NC(=O)c1ccccc1)c1ccccc1. The lowest BCUT2D eigenvalue weighted by Crippen LogP contribution is -2.48. The molecule has 0 saturated heterocycles. The number of rotatable bonds is 10. The highest BCUT2D eigenvalue weighted by atomic mass is 16.6. The van der Waals surface area contributed by atoms with E-state index < -0.39 is 35.8 Å². The molecule has 39 heavy (non-hydrogen) atoms. The molecule has 0 aliphatic carbocycles. The second-order valence-electron chi connectivity index (χ2n) is 8.90. The molecule has 0 bridgehead atoms. The third kappa shape index (κ3) is 7.97. The second-order valence-corrected chi connectivity index (χ2v) is 8.90. The van der Waals surface area contributed by atoms with E-state index in [0.29, 0.717) is 11.1 Å². The number of hydrogen-bond donors (Lipinski definition) is 2. The van der Waals surface area contributed by atoms with E-state index in [0.717, 1.165) is 11.1 Å². The topological polar surface area (TPSA) is 102 Å². The Hall–Kier alpha value is -5.04. The van der Waals surface area contributed by atoms with Crippen LogP contribution in [-0.4, -0.2) is 35.8 Å². The molecule has 7 nitrogen and oxygen atoms in total. The lowest BCUT2D eigenvalue weighted by molar-refractivity contribution is -0.162. The first-order valence-electron chi connectivity index (χ1n) is 12.5. The fraction of sp³-hybridized carbons (Fsp3) is 0.125. The predicted molar refractivity (Wildman–Crippen MR) is 147 cm³/mol. The van der Waals surface area contributed by atoms with Crippen LogP contribution in [0.5, 0.6) is 0 Å². The summed E-state index contributed by atoms with van der Waals surface area (Å²) in [4.78, 5) is 52.2. The molecule has 0 heterocycles. The normalized spacial score (nSPS) is 12.0. The minimum absolute atomic E-state index is 0.116. The number of carbonyl (C=O) groups excluding carboxylic acids is 4. The highest BCUT2D eigenvalue weighted by Crippen LogP contribution is 2.10. The zero-order valence-electron chi connectivity index (χ0n) is 21.2. The fourth-order valence-corrected chi connectivity index (χ4v) is 3.99. The summed E-state index contributed by atoms with van der Waals surface area (Å²) in [5.41, 5.74) is 2.29. The largest absolute Gasteiger partial charge is 0.390 e. The summed E-state index contributed by atoms with van der Waals surface area (Å²) in [6.45, 7) is 0. The van der Waals surface area contributed by atoms with Crippen molar-refractivity contribution in [3.8, 4) is 0 Å². The van der Waals surface area contributed by atoms with E-state index in [4.69, 9.17) is 4.74 Å². The van der Waals surface area contributed by atoms with Crippen LogP contribution < -0.4 is 10.6 Å². The Bertz CT molecular complexity index is 1280. The van der Waals surface area contributed by atoms with Crippen LogP contribution in [0.15, 0.2) is 121 Å². The van der Waals surface area contributed by atoms with Gasteiger partial charge < -0.3 is 15.4 Å². The van der Waals surface area contributed by atoms with Gasteiger partial charge in [-0.05, 0) is 35.4 Å². The van der Waals surface area contributed by atoms with Crippen LogP contribution in [0.2, 0.25) is 0 Å². The summed E-state index contributed by atoms with van der Waals surface area (Å²) in [5, 5.41) is 5.38. The first-order chi connectivity index (χ1) is 19.0. The predicted octanol–water partition coefficient (Wildman–Crippen LogP) is 4.14. The first-order valence-corrected chi connectivity index (χ1v) is 12.5. The number of amides is 2. The standard InChI is InChI=1S/C32H28N2O5/c35-29(25-17-9-3-10-18-25)33-27(21-23-13-5-1-6-14-23)31(37)39-32(38)28(22-24-15-7-2-8-16-24)34-30(36)26-19-11-4-12-20-26/h1-20,27-28H,21-22H2,(H,33,35)(H,34,36)/t27-,28-/m0/s1. The molecule has 0 fully saturated rings. The average Bonchev–Trinajstić information content (AvgIpc) is 2.98. The summed E-state index contributed by atoms with van der Waals surface area (Å²) in [6.07, 6.45) is 0.233. The van der Waals surface area contributed by atoms with Crippen LogP contribution in [0.1, 0.15) is 31.8 Å². The maximum absolute atomic E-state index is 13.3. The van der Waals surface area contributed by atoms with Gasteiger partial charge in [-0.25, -0.2) is 9.59 Å². The average molecular weight is 521 g/mol. The molecule has 4 aromatic rings. The van der Waals surface area contributed by atoms with Gasteiger partial charge in [-0.2, -0.15) is 0 Å². The number of esters is 2. The Labute approximate surface area is 226 Å². The molecule has 2 N–H and O–H groups in total. The number of nitrogens with one attached hydrogen (secondary N) is 2. The molecule has 0 saturated carbocycles. The van der Waals surface area contributed by atoms with Crippen molar-refractivity contribution in [3.05, 3.63) is 144 Å². The van der Waals surface area contributed by atoms with Gasteiger partial charge >= 0.3 is 11.9 Å². The Balaban J connectivity index is 1.52. The van der Waals surface area contributed by atoms with Crippen molar-refractivity contribution in [1.29, 1.82) is 0 Å². The molecule has 2 amide bonds. The molecule has 0 aromatic heterocycles. The molecule has 4 rings (SSSR count). The van der Waals surface area contributed by atoms with Crippen LogP contribution in [-0.2, 0) is 27.2 Å². The van der Waals surface area contributed by atoms with Gasteiger partial charge in [0.1, 0.15) is 12.1 Å². The van der Waals surface area contributed by atoms with Crippen LogP contribution in [0.25, 0.3) is 0 Å².